The van der Waals surface area contributed by atoms with E-state index < -0.39 is 0 Å². The van der Waals surface area contributed by atoms with Crippen molar-refractivity contribution in [3.05, 3.63) is 94.0 Å². The molecule has 0 saturated heterocycles. The molecule has 4 aromatic rings. The maximum Gasteiger partial charge on any atom is 0.230 e. The van der Waals surface area contributed by atoms with E-state index in [0.29, 0.717) is 33.5 Å². The van der Waals surface area contributed by atoms with Crippen molar-refractivity contribution in [2.24, 2.45) is 0 Å². The Morgan fingerprint density at radius 1 is 0.971 bits per heavy atom. The molecular formula is C26H24Cl2N4OS. The van der Waals surface area contributed by atoms with Crippen molar-refractivity contribution in [2.75, 3.05) is 5.75 Å². The monoisotopic (exact) mass is 510 g/mol. The van der Waals surface area contributed by atoms with E-state index in [-0.39, 0.29) is 11.7 Å². The van der Waals surface area contributed by atoms with Gasteiger partial charge in [-0.1, -0.05) is 85.2 Å². The van der Waals surface area contributed by atoms with Crippen molar-refractivity contribution in [2.45, 2.75) is 31.5 Å². The van der Waals surface area contributed by atoms with Crippen LogP contribution in [0.15, 0.2) is 78.0 Å². The molecule has 0 fully saturated rings. The van der Waals surface area contributed by atoms with Gasteiger partial charge in [0, 0.05) is 22.2 Å². The molecule has 0 saturated carbocycles. The molecule has 4 rings (SSSR count). The highest BCUT2D eigenvalue weighted by molar-refractivity contribution is 7.99. The topological polar surface area (TPSA) is 59.8 Å². The molecule has 8 heteroatoms. The first-order valence-electron chi connectivity index (χ1n) is 10.9. The number of thioether (sulfide) groups is 1. The van der Waals surface area contributed by atoms with E-state index in [4.69, 9.17) is 23.2 Å². The fourth-order valence-corrected chi connectivity index (χ4v) is 4.67. The normalized spacial score (nSPS) is 11.1. The molecule has 1 N–H and O–H groups in total. The zero-order valence-corrected chi connectivity index (χ0v) is 21.2. The Hall–Kier alpha value is -2.80. The van der Waals surface area contributed by atoms with Gasteiger partial charge in [0.1, 0.15) is 0 Å². The van der Waals surface area contributed by atoms with Crippen LogP contribution in [0.3, 0.4) is 0 Å². The molecular weight excluding hydrogens is 487 g/mol. The van der Waals surface area contributed by atoms with Crippen molar-refractivity contribution in [1.82, 2.24) is 20.1 Å². The van der Waals surface area contributed by atoms with Gasteiger partial charge in [0.05, 0.1) is 11.4 Å². The van der Waals surface area contributed by atoms with Gasteiger partial charge < -0.3 is 5.32 Å². The summed E-state index contributed by atoms with van der Waals surface area (Å²) in [6, 6.07) is 23.2. The Morgan fingerprint density at radius 2 is 1.68 bits per heavy atom. The predicted molar refractivity (Wildman–Crippen MR) is 140 cm³/mol. The first kappa shape index (κ1) is 24.3. The summed E-state index contributed by atoms with van der Waals surface area (Å²) >= 11 is 13.6. The number of para-hydroxylation sites is 1. The standard InChI is InChI=1S/C26H24Cl2N4OS/c1-17(2)21-8-4-6-10-23(21)32-25(18-11-13-20(27)14-12-18)30-31-26(32)34-16-24(33)29-15-19-7-3-5-9-22(19)28/h3-14,17H,15-16H2,1-2H3,(H,29,33). The van der Waals surface area contributed by atoms with Crippen molar-refractivity contribution in [3.8, 4) is 17.1 Å². The highest BCUT2D eigenvalue weighted by Gasteiger charge is 2.20. The van der Waals surface area contributed by atoms with Gasteiger partial charge in [0.15, 0.2) is 11.0 Å². The molecule has 0 aliphatic rings. The maximum atomic E-state index is 12.6. The number of nitrogens with one attached hydrogen (secondary N) is 1. The van der Waals surface area contributed by atoms with Crippen LogP contribution < -0.4 is 5.32 Å². The molecule has 3 aromatic carbocycles. The molecule has 0 unspecified atom stereocenters. The smallest absolute Gasteiger partial charge is 0.230 e. The fourth-order valence-electron chi connectivity index (χ4n) is 3.56. The minimum absolute atomic E-state index is 0.107. The molecule has 0 aliphatic heterocycles. The maximum absolute atomic E-state index is 12.6. The van der Waals surface area contributed by atoms with Crippen molar-refractivity contribution in [3.63, 3.8) is 0 Å². The van der Waals surface area contributed by atoms with Gasteiger partial charge in [-0.25, -0.2) is 0 Å². The summed E-state index contributed by atoms with van der Waals surface area (Å²) < 4.78 is 2.02. The molecule has 0 bridgehead atoms. The number of rotatable bonds is 8. The average molecular weight is 511 g/mol. The second kappa shape index (κ2) is 11.1. The Kier molecular flexibility index (Phi) is 7.93. The van der Waals surface area contributed by atoms with Crippen LogP contribution in [-0.2, 0) is 11.3 Å². The number of amides is 1. The highest BCUT2D eigenvalue weighted by Crippen LogP contribution is 2.32. The van der Waals surface area contributed by atoms with Crippen LogP contribution in [0.25, 0.3) is 17.1 Å². The summed E-state index contributed by atoms with van der Waals surface area (Å²) in [5.41, 5.74) is 3.93. The Labute approximate surface area is 213 Å². The van der Waals surface area contributed by atoms with Crippen LogP contribution in [0.4, 0.5) is 0 Å². The largest absolute Gasteiger partial charge is 0.351 e. The third-order valence-corrected chi connectivity index (χ3v) is 6.85. The predicted octanol–water partition coefficient (Wildman–Crippen LogP) is 6.77. The van der Waals surface area contributed by atoms with Crippen LogP contribution in [-0.4, -0.2) is 26.4 Å². The molecule has 1 heterocycles. The second-order valence-corrected chi connectivity index (χ2v) is 9.80. The number of halogens is 2. The van der Waals surface area contributed by atoms with Crippen LogP contribution in [0, 0.1) is 0 Å². The van der Waals surface area contributed by atoms with E-state index in [1.807, 2.05) is 65.2 Å². The van der Waals surface area contributed by atoms with Crippen molar-refractivity contribution >= 4 is 40.9 Å². The minimum Gasteiger partial charge on any atom is -0.351 e. The molecule has 1 amide bonds. The summed E-state index contributed by atoms with van der Waals surface area (Å²) in [4.78, 5) is 12.6. The lowest BCUT2D eigenvalue weighted by Gasteiger charge is -2.17. The van der Waals surface area contributed by atoms with E-state index in [2.05, 4.69) is 41.5 Å². The van der Waals surface area contributed by atoms with Gasteiger partial charge in [-0.05, 0) is 53.4 Å². The van der Waals surface area contributed by atoms with Gasteiger partial charge in [-0.2, -0.15) is 0 Å². The summed E-state index contributed by atoms with van der Waals surface area (Å²) in [6.07, 6.45) is 0. The fraction of sp³-hybridized carbons (Fsp3) is 0.192. The first-order valence-corrected chi connectivity index (χ1v) is 12.6. The Bertz CT molecular complexity index is 1290. The SMILES string of the molecule is CC(C)c1ccccc1-n1c(SCC(=O)NCc2ccccc2Cl)nnc1-c1ccc(Cl)cc1. The minimum atomic E-state index is -0.107. The summed E-state index contributed by atoms with van der Waals surface area (Å²) in [5.74, 6) is 1.09. The van der Waals surface area contributed by atoms with E-state index in [1.54, 1.807) is 0 Å². The molecule has 0 aliphatic carbocycles. The first-order chi connectivity index (χ1) is 16.4. The van der Waals surface area contributed by atoms with Crippen LogP contribution in [0.2, 0.25) is 10.0 Å². The second-order valence-electron chi connectivity index (χ2n) is 8.02. The molecule has 5 nitrogen and oxygen atoms in total. The van der Waals surface area contributed by atoms with E-state index >= 15 is 0 Å². The lowest BCUT2D eigenvalue weighted by Crippen LogP contribution is -2.24. The lowest BCUT2D eigenvalue weighted by atomic mass is 10.0. The number of nitrogens with zero attached hydrogens (tertiary/aromatic N) is 3. The highest BCUT2D eigenvalue weighted by atomic mass is 35.5. The van der Waals surface area contributed by atoms with Crippen LogP contribution in [0.1, 0.15) is 30.9 Å². The van der Waals surface area contributed by atoms with Gasteiger partial charge in [0.25, 0.3) is 0 Å². The van der Waals surface area contributed by atoms with Crippen molar-refractivity contribution < 1.29 is 4.79 Å². The molecule has 174 valence electrons. The quantitative estimate of drug-likeness (QED) is 0.265. The molecule has 0 spiro atoms. The molecule has 34 heavy (non-hydrogen) atoms. The number of benzene rings is 3. The third kappa shape index (κ3) is 5.63. The van der Waals surface area contributed by atoms with Crippen molar-refractivity contribution in [1.29, 1.82) is 0 Å². The Morgan fingerprint density at radius 3 is 2.41 bits per heavy atom. The number of aromatic nitrogens is 3. The third-order valence-electron chi connectivity index (χ3n) is 5.30. The molecule has 0 radical (unpaired) electrons. The molecule has 0 atom stereocenters. The zero-order valence-electron chi connectivity index (χ0n) is 18.8. The zero-order chi connectivity index (χ0) is 24.1. The number of carbonyl (C=O) groups is 1. The number of hydrogen-bond acceptors (Lipinski definition) is 4. The lowest BCUT2D eigenvalue weighted by molar-refractivity contribution is -0.118. The molecule has 1 aromatic heterocycles. The summed E-state index contributed by atoms with van der Waals surface area (Å²) in [5, 5.41) is 13.8. The van der Waals surface area contributed by atoms with E-state index in [9.17, 15) is 4.79 Å². The van der Waals surface area contributed by atoms with Gasteiger partial charge in [0.2, 0.25) is 5.91 Å². The summed E-state index contributed by atoms with van der Waals surface area (Å²) in [7, 11) is 0. The average Bonchev–Trinajstić information content (AvgIpc) is 3.26. The van der Waals surface area contributed by atoms with Crippen LogP contribution >= 0.6 is 35.0 Å². The number of hydrogen-bond donors (Lipinski definition) is 1. The van der Waals surface area contributed by atoms with E-state index in [0.717, 1.165) is 16.8 Å². The summed E-state index contributed by atoms with van der Waals surface area (Å²) in [6.45, 7) is 4.68. The van der Waals surface area contributed by atoms with E-state index in [1.165, 1.54) is 17.3 Å². The Balaban J connectivity index is 1.61. The number of carbonyl (C=O) groups excluding carboxylic acids is 1. The van der Waals surface area contributed by atoms with Gasteiger partial charge in [-0.3, -0.25) is 9.36 Å². The van der Waals surface area contributed by atoms with Gasteiger partial charge >= 0.3 is 0 Å². The van der Waals surface area contributed by atoms with Gasteiger partial charge in [-0.15, -0.1) is 10.2 Å². The van der Waals surface area contributed by atoms with Crippen LogP contribution in [0.5, 0.6) is 0 Å².